The highest BCUT2D eigenvalue weighted by molar-refractivity contribution is 7.99. The Morgan fingerprint density at radius 1 is 1.20 bits per heavy atom. The van der Waals surface area contributed by atoms with Crippen molar-refractivity contribution < 1.29 is 9.59 Å². The van der Waals surface area contributed by atoms with E-state index in [1.54, 1.807) is 4.90 Å². The summed E-state index contributed by atoms with van der Waals surface area (Å²) in [5.41, 5.74) is 1.45. The van der Waals surface area contributed by atoms with E-state index in [9.17, 15) is 9.59 Å². The smallest absolute Gasteiger partial charge is 0.321 e. The van der Waals surface area contributed by atoms with Crippen LogP contribution in [0, 0.1) is 0 Å². The zero-order valence-corrected chi connectivity index (χ0v) is 12.0. The largest absolute Gasteiger partial charge is 0.337 e. The number of amides is 3. The van der Waals surface area contributed by atoms with Crippen molar-refractivity contribution in [3.63, 3.8) is 0 Å². The molecule has 0 radical (unpaired) electrons. The number of benzene rings is 1. The van der Waals surface area contributed by atoms with Crippen molar-refractivity contribution in [1.82, 2.24) is 10.2 Å². The molecular weight excluding hydrogens is 274 g/mol. The van der Waals surface area contributed by atoms with Gasteiger partial charge in [0.25, 0.3) is 5.91 Å². The van der Waals surface area contributed by atoms with Crippen LogP contribution in [-0.4, -0.2) is 54.5 Å². The van der Waals surface area contributed by atoms with Gasteiger partial charge in [0.2, 0.25) is 0 Å². The molecule has 1 N–H and O–H groups in total. The predicted octanol–water partition coefficient (Wildman–Crippen LogP) is 1.41. The highest BCUT2D eigenvalue weighted by atomic mass is 32.2. The average Bonchev–Trinajstić information content (AvgIpc) is 2.94. The van der Waals surface area contributed by atoms with Crippen molar-refractivity contribution in [3.05, 3.63) is 29.8 Å². The number of hydrogen-bond acceptors (Lipinski definition) is 3. The molecule has 0 unspecified atom stereocenters. The second-order valence-corrected chi connectivity index (χ2v) is 6.06. The molecular formula is C14H17N3O2S. The quantitative estimate of drug-likeness (QED) is 0.896. The second-order valence-electron chi connectivity index (χ2n) is 4.84. The summed E-state index contributed by atoms with van der Waals surface area (Å²) in [4.78, 5) is 27.7. The van der Waals surface area contributed by atoms with E-state index in [0.717, 1.165) is 30.3 Å². The molecule has 5 nitrogen and oxygen atoms in total. The van der Waals surface area contributed by atoms with Crippen molar-refractivity contribution in [2.24, 2.45) is 0 Å². The molecule has 0 aliphatic carbocycles. The summed E-state index contributed by atoms with van der Waals surface area (Å²) >= 11 is 1.88. The first-order valence-corrected chi connectivity index (χ1v) is 7.93. The van der Waals surface area contributed by atoms with Gasteiger partial charge in [0.15, 0.2) is 0 Å². The third kappa shape index (κ3) is 2.60. The number of hydrogen-bond donors (Lipinski definition) is 1. The first-order valence-electron chi connectivity index (χ1n) is 6.78. The monoisotopic (exact) mass is 291 g/mol. The predicted molar refractivity (Wildman–Crippen MR) is 80.4 cm³/mol. The van der Waals surface area contributed by atoms with Crippen LogP contribution in [0.25, 0.3) is 0 Å². The molecule has 2 heterocycles. The molecule has 1 aromatic rings. The molecule has 2 aliphatic rings. The summed E-state index contributed by atoms with van der Waals surface area (Å²) in [5.74, 6) is 2.06. The van der Waals surface area contributed by atoms with Crippen LogP contribution in [0.5, 0.6) is 0 Å². The van der Waals surface area contributed by atoms with Crippen LogP contribution in [0.2, 0.25) is 0 Å². The summed E-state index contributed by atoms with van der Waals surface area (Å²) < 4.78 is 0. The highest BCUT2D eigenvalue weighted by Gasteiger charge is 2.23. The zero-order chi connectivity index (χ0) is 13.9. The fourth-order valence-electron chi connectivity index (χ4n) is 2.47. The van der Waals surface area contributed by atoms with Gasteiger partial charge in [-0.25, -0.2) is 4.79 Å². The normalized spacial score (nSPS) is 19.1. The standard InChI is InChI=1S/C14H17N3O2S/c18-13(16-6-8-20-9-7-16)11-2-1-3-12(10-11)17-5-4-15-14(17)19/h1-3,10H,4-9H2,(H,15,19). The van der Waals surface area contributed by atoms with Gasteiger partial charge < -0.3 is 10.2 Å². The summed E-state index contributed by atoms with van der Waals surface area (Å²) in [7, 11) is 0. The second kappa shape index (κ2) is 5.75. The third-order valence-electron chi connectivity index (χ3n) is 3.56. The highest BCUT2D eigenvalue weighted by Crippen LogP contribution is 2.20. The summed E-state index contributed by atoms with van der Waals surface area (Å²) in [5, 5.41) is 2.77. The maximum absolute atomic E-state index is 12.4. The molecule has 2 fully saturated rings. The molecule has 3 amide bonds. The fourth-order valence-corrected chi connectivity index (χ4v) is 3.38. The average molecular weight is 291 g/mol. The van der Waals surface area contributed by atoms with Crippen LogP contribution in [0.15, 0.2) is 24.3 Å². The minimum absolute atomic E-state index is 0.0618. The Balaban J connectivity index is 1.79. The lowest BCUT2D eigenvalue weighted by atomic mass is 10.1. The van der Waals surface area contributed by atoms with Crippen molar-refractivity contribution in [2.75, 3.05) is 42.6 Å². The van der Waals surface area contributed by atoms with Crippen LogP contribution >= 0.6 is 11.8 Å². The molecule has 0 saturated carbocycles. The SMILES string of the molecule is O=C(c1cccc(N2CCNC2=O)c1)N1CCSCC1. The molecule has 0 spiro atoms. The van der Waals surface area contributed by atoms with E-state index >= 15 is 0 Å². The number of carbonyl (C=O) groups excluding carboxylic acids is 2. The molecule has 20 heavy (non-hydrogen) atoms. The van der Waals surface area contributed by atoms with Crippen LogP contribution in [0.3, 0.4) is 0 Å². The number of urea groups is 1. The Kier molecular flexibility index (Phi) is 3.82. The van der Waals surface area contributed by atoms with Gasteiger partial charge in [-0.15, -0.1) is 0 Å². The number of carbonyl (C=O) groups is 2. The van der Waals surface area contributed by atoms with Crippen molar-refractivity contribution >= 4 is 29.4 Å². The van der Waals surface area contributed by atoms with E-state index in [0.29, 0.717) is 18.7 Å². The van der Waals surface area contributed by atoms with E-state index in [1.807, 2.05) is 40.9 Å². The minimum Gasteiger partial charge on any atom is -0.337 e. The lowest BCUT2D eigenvalue weighted by Gasteiger charge is -2.26. The Morgan fingerprint density at radius 3 is 2.70 bits per heavy atom. The Morgan fingerprint density at radius 2 is 2.00 bits per heavy atom. The lowest BCUT2D eigenvalue weighted by Crippen LogP contribution is -2.38. The van der Waals surface area contributed by atoms with Crippen molar-refractivity contribution in [1.29, 1.82) is 0 Å². The molecule has 106 valence electrons. The van der Waals surface area contributed by atoms with Gasteiger partial charge in [-0.05, 0) is 18.2 Å². The minimum atomic E-state index is -0.0935. The number of anilines is 1. The zero-order valence-electron chi connectivity index (χ0n) is 11.2. The first kappa shape index (κ1) is 13.3. The van der Waals surface area contributed by atoms with Crippen LogP contribution in [0.4, 0.5) is 10.5 Å². The van der Waals surface area contributed by atoms with Gasteiger partial charge in [0.1, 0.15) is 0 Å². The van der Waals surface area contributed by atoms with E-state index in [4.69, 9.17) is 0 Å². The Hall–Kier alpha value is -1.69. The van der Waals surface area contributed by atoms with Gasteiger partial charge in [0.05, 0.1) is 0 Å². The van der Waals surface area contributed by atoms with Crippen molar-refractivity contribution in [3.8, 4) is 0 Å². The number of nitrogens with one attached hydrogen (secondary N) is 1. The van der Waals surface area contributed by atoms with E-state index in [-0.39, 0.29) is 11.9 Å². The molecule has 0 bridgehead atoms. The molecule has 0 atom stereocenters. The molecule has 1 aromatic carbocycles. The van der Waals surface area contributed by atoms with Crippen LogP contribution in [-0.2, 0) is 0 Å². The molecule has 2 aliphatic heterocycles. The van der Waals surface area contributed by atoms with E-state index < -0.39 is 0 Å². The molecule has 0 aromatic heterocycles. The maximum Gasteiger partial charge on any atom is 0.321 e. The molecule has 6 heteroatoms. The first-order chi connectivity index (χ1) is 9.75. The summed E-state index contributed by atoms with van der Waals surface area (Å²) in [6.07, 6.45) is 0. The van der Waals surface area contributed by atoms with Gasteiger partial charge in [-0.1, -0.05) is 6.07 Å². The Bertz CT molecular complexity index is 529. The van der Waals surface area contributed by atoms with Gasteiger partial charge in [-0.2, -0.15) is 11.8 Å². The fraction of sp³-hybridized carbons (Fsp3) is 0.429. The van der Waals surface area contributed by atoms with E-state index in [1.165, 1.54) is 0 Å². The number of nitrogens with zero attached hydrogens (tertiary/aromatic N) is 2. The molecule has 3 rings (SSSR count). The summed E-state index contributed by atoms with van der Waals surface area (Å²) in [6.45, 7) is 2.91. The number of thioether (sulfide) groups is 1. The number of rotatable bonds is 2. The van der Waals surface area contributed by atoms with Crippen LogP contribution in [0.1, 0.15) is 10.4 Å². The Labute approximate surface area is 122 Å². The van der Waals surface area contributed by atoms with Gasteiger partial charge >= 0.3 is 6.03 Å². The van der Waals surface area contributed by atoms with Gasteiger partial charge in [-0.3, -0.25) is 9.69 Å². The maximum atomic E-state index is 12.4. The van der Waals surface area contributed by atoms with E-state index in [2.05, 4.69) is 5.32 Å². The van der Waals surface area contributed by atoms with Crippen molar-refractivity contribution in [2.45, 2.75) is 0 Å². The summed E-state index contributed by atoms with van der Waals surface area (Å²) in [6, 6.07) is 7.25. The lowest BCUT2D eigenvalue weighted by molar-refractivity contribution is 0.0772. The molecule has 2 saturated heterocycles. The topological polar surface area (TPSA) is 52.7 Å². The third-order valence-corrected chi connectivity index (χ3v) is 4.50. The van der Waals surface area contributed by atoms with Gasteiger partial charge in [0, 0.05) is 48.9 Å². The van der Waals surface area contributed by atoms with Crippen LogP contribution < -0.4 is 10.2 Å².